The number of aromatic nitrogens is 1. The van der Waals surface area contributed by atoms with Gasteiger partial charge < -0.3 is 19.1 Å². The van der Waals surface area contributed by atoms with Crippen LogP contribution in [0.15, 0.2) is 191 Å². The molecule has 0 aliphatic heterocycles. The highest BCUT2D eigenvalue weighted by Crippen LogP contribution is 2.40. The Balaban J connectivity index is 0.000000160. The third-order valence-corrected chi connectivity index (χ3v) is 10.6. The first-order chi connectivity index (χ1) is 28.6. The van der Waals surface area contributed by atoms with Crippen molar-refractivity contribution in [2.24, 2.45) is 17.4 Å². The second kappa shape index (κ2) is 17.0. The zero-order valence-electron chi connectivity index (χ0n) is 32.7. The summed E-state index contributed by atoms with van der Waals surface area (Å²) in [5, 5.41) is 7.18. The number of hydrazine groups is 1. The van der Waals surface area contributed by atoms with Gasteiger partial charge in [-0.15, -0.1) is 0 Å². The maximum atomic E-state index is 6.27. The highest BCUT2D eigenvalue weighted by atomic mass is 16.3. The van der Waals surface area contributed by atoms with E-state index in [-0.39, 0.29) is 0 Å². The van der Waals surface area contributed by atoms with Gasteiger partial charge in [-0.25, -0.2) is 0 Å². The van der Waals surface area contributed by atoms with Gasteiger partial charge in [0.1, 0.15) is 22.3 Å². The summed E-state index contributed by atoms with van der Waals surface area (Å²) in [6.07, 6.45) is 1.01. The second-order valence-corrected chi connectivity index (χ2v) is 14.1. The van der Waals surface area contributed by atoms with Crippen LogP contribution in [0.25, 0.3) is 82.5 Å². The Bertz CT molecular complexity index is 3120. The molecule has 3 heterocycles. The largest absolute Gasteiger partial charge is 0.456 e. The Morgan fingerprint density at radius 3 is 1.78 bits per heavy atom. The fraction of sp³-hybridized carbons (Fsp3) is 0.0769. The number of hydrogen-bond acceptors (Lipinski definition) is 5. The van der Waals surface area contributed by atoms with Crippen LogP contribution >= 0.6 is 0 Å². The molecule has 0 bridgehead atoms. The average Bonchev–Trinajstić information content (AvgIpc) is 3.98. The van der Waals surface area contributed by atoms with Crippen LogP contribution in [0.5, 0.6) is 0 Å². The first-order valence-electron chi connectivity index (χ1n) is 19.6. The van der Waals surface area contributed by atoms with Crippen LogP contribution in [0.2, 0.25) is 0 Å². The zero-order chi connectivity index (χ0) is 40.0. The third kappa shape index (κ3) is 7.12. The van der Waals surface area contributed by atoms with Gasteiger partial charge >= 0.3 is 0 Å². The van der Waals surface area contributed by atoms with Crippen LogP contribution in [-0.4, -0.2) is 4.57 Å². The van der Waals surface area contributed by atoms with Crippen LogP contribution in [0.4, 0.5) is 0 Å². The smallest absolute Gasteiger partial charge is 0.139 e. The average molecular weight is 759 g/mol. The molecule has 6 N–H and O–H groups in total. The van der Waals surface area contributed by atoms with Crippen molar-refractivity contribution in [3.63, 3.8) is 0 Å². The minimum atomic E-state index is 0.456. The molecule has 0 spiro atoms. The molecule has 58 heavy (non-hydrogen) atoms. The lowest BCUT2D eigenvalue weighted by Gasteiger charge is -2.08. The first kappa shape index (κ1) is 37.9. The van der Waals surface area contributed by atoms with E-state index < -0.39 is 0 Å². The van der Waals surface area contributed by atoms with Crippen molar-refractivity contribution >= 4 is 65.7 Å². The van der Waals surface area contributed by atoms with Gasteiger partial charge in [-0.05, 0) is 72.5 Å². The van der Waals surface area contributed by atoms with E-state index >= 15 is 0 Å². The molecule has 286 valence electrons. The number of aryl methyl sites for hydroxylation is 2. The van der Waals surface area contributed by atoms with Crippen molar-refractivity contribution in [3.05, 3.63) is 199 Å². The molecular weight excluding hydrogens is 713 g/mol. The van der Waals surface area contributed by atoms with Crippen molar-refractivity contribution < 1.29 is 8.83 Å². The highest BCUT2D eigenvalue weighted by molar-refractivity contribution is 6.15. The molecule has 6 heteroatoms. The van der Waals surface area contributed by atoms with Gasteiger partial charge in [0.25, 0.3) is 0 Å². The lowest BCUT2D eigenvalue weighted by Crippen LogP contribution is -2.02. The highest BCUT2D eigenvalue weighted by Gasteiger charge is 2.17. The molecule has 0 saturated carbocycles. The quantitative estimate of drug-likeness (QED) is 0.122. The van der Waals surface area contributed by atoms with Crippen LogP contribution in [0.1, 0.15) is 23.6 Å². The number of nitrogens with two attached hydrogens (primary N) is 3. The van der Waals surface area contributed by atoms with Gasteiger partial charge in [-0.3, -0.25) is 11.7 Å². The monoisotopic (exact) mass is 758 g/mol. The molecule has 0 atom stereocenters. The van der Waals surface area contributed by atoms with Gasteiger partial charge in [0.05, 0.1) is 11.0 Å². The summed E-state index contributed by atoms with van der Waals surface area (Å²) >= 11 is 0. The molecule has 0 unspecified atom stereocenters. The number of para-hydroxylation sites is 5. The van der Waals surface area contributed by atoms with Crippen LogP contribution in [0, 0.1) is 6.92 Å². The van der Waals surface area contributed by atoms with Gasteiger partial charge in [0.2, 0.25) is 0 Å². The lowest BCUT2D eigenvalue weighted by molar-refractivity contribution is 0.662. The molecule has 6 nitrogen and oxygen atoms in total. The number of nitrogens with zero attached hydrogens (tertiary/aromatic N) is 1. The zero-order valence-corrected chi connectivity index (χ0v) is 32.7. The minimum Gasteiger partial charge on any atom is -0.456 e. The Kier molecular flexibility index (Phi) is 11.1. The number of fused-ring (bicyclic) bond motifs is 9. The van der Waals surface area contributed by atoms with Crippen LogP contribution in [0.3, 0.4) is 0 Å². The fourth-order valence-corrected chi connectivity index (χ4v) is 7.92. The first-order valence-corrected chi connectivity index (χ1v) is 19.6. The molecular formula is C52H46N4O2. The van der Waals surface area contributed by atoms with E-state index in [1.54, 1.807) is 0 Å². The molecule has 3 aromatic heterocycles. The Labute approximate surface area is 337 Å². The summed E-state index contributed by atoms with van der Waals surface area (Å²) in [7, 11) is 0. The minimum absolute atomic E-state index is 0.456. The van der Waals surface area contributed by atoms with E-state index in [2.05, 4.69) is 170 Å². The van der Waals surface area contributed by atoms with Crippen molar-refractivity contribution in [1.29, 1.82) is 0 Å². The van der Waals surface area contributed by atoms with E-state index in [4.69, 9.17) is 14.6 Å². The predicted molar refractivity (Wildman–Crippen MR) is 244 cm³/mol. The number of benzene rings is 8. The predicted octanol–water partition coefficient (Wildman–Crippen LogP) is 12.8. The topological polar surface area (TPSA) is 109 Å². The standard InChI is InChI=1S/C31H22N2O.C14H12O.C7H8.H4N2/c32-19-21-8-6-13-25-30-23(12-7-15-29(30)34-31(21)25)20-16-17-28-26(18-20)24-11-4-5-14-27(24)33(28)22-9-2-1-3-10-22;1-2-10-6-5-8-12-11-7-3-4-9-13(11)15-14(10)12;1-7-5-3-2-4-6-7;1-2/h1-18H,19,32H2;3-9H,2H2,1H3;2-6H,1H3;1-2H2. The van der Waals surface area contributed by atoms with Gasteiger partial charge in [-0.1, -0.05) is 152 Å². The molecule has 11 rings (SSSR count). The molecule has 0 amide bonds. The van der Waals surface area contributed by atoms with Crippen LogP contribution < -0.4 is 17.4 Å². The summed E-state index contributed by atoms with van der Waals surface area (Å²) in [6.45, 7) is 4.69. The summed E-state index contributed by atoms with van der Waals surface area (Å²) < 4.78 is 14.5. The molecule has 8 aromatic carbocycles. The summed E-state index contributed by atoms with van der Waals surface area (Å²) in [6, 6.07) is 63.3. The maximum absolute atomic E-state index is 6.27. The molecule has 0 aliphatic rings. The molecule has 11 aromatic rings. The number of furan rings is 2. The normalized spacial score (nSPS) is 11.0. The second-order valence-electron chi connectivity index (χ2n) is 14.1. The van der Waals surface area contributed by atoms with E-state index in [1.165, 1.54) is 60.5 Å². The Morgan fingerprint density at radius 2 is 1.05 bits per heavy atom. The van der Waals surface area contributed by atoms with E-state index in [1.807, 2.05) is 42.5 Å². The lowest BCUT2D eigenvalue weighted by atomic mass is 9.97. The SMILES string of the molecule is CCc1cccc2c1oc1ccccc12.Cc1ccccc1.NCc1cccc2c1oc1cccc(-c3ccc4c(c3)c3ccccc3n4-c3ccccc3)c12.NN. The molecule has 0 fully saturated rings. The van der Waals surface area contributed by atoms with Crippen molar-refractivity contribution in [2.45, 2.75) is 26.8 Å². The molecule has 0 saturated heterocycles. The summed E-state index contributed by atoms with van der Waals surface area (Å²) in [5.74, 6) is 8.00. The van der Waals surface area contributed by atoms with Crippen molar-refractivity contribution in [1.82, 2.24) is 4.57 Å². The van der Waals surface area contributed by atoms with Crippen LogP contribution in [-0.2, 0) is 13.0 Å². The fourth-order valence-electron chi connectivity index (χ4n) is 7.92. The molecule has 0 radical (unpaired) electrons. The van der Waals surface area contributed by atoms with E-state index in [9.17, 15) is 0 Å². The Morgan fingerprint density at radius 1 is 0.483 bits per heavy atom. The van der Waals surface area contributed by atoms with E-state index in [0.29, 0.717) is 6.54 Å². The van der Waals surface area contributed by atoms with Gasteiger partial charge in [0, 0.05) is 50.1 Å². The summed E-state index contributed by atoms with van der Waals surface area (Å²) in [4.78, 5) is 0. The summed E-state index contributed by atoms with van der Waals surface area (Å²) in [5.41, 5.74) is 19.3. The van der Waals surface area contributed by atoms with E-state index in [0.717, 1.165) is 45.1 Å². The number of hydrogen-bond donors (Lipinski definition) is 3. The van der Waals surface area contributed by atoms with Crippen molar-refractivity contribution in [2.75, 3.05) is 0 Å². The third-order valence-electron chi connectivity index (χ3n) is 10.6. The number of rotatable bonds is 4. The van der Waals surface area contributed by atoms with Gasteiger partial charge in [0.15, 0.2) is 0 Å². The van der Waals surface area contributed by atoms with Crippen molar-refractivity contribution in [3.8, 4) is 16.8 Å². The molecule has 0 aliphatic carbocycles. The van der Waals surface area contributed by atoms with Gasteiger partial charge in [-0.2, -0.15) is 0 Å². The maximum Gasteiger partial charge on any atom is 0.139 e. The Hall–Kier alpha value is -6.96.